The number of amides is 1. The smallest absolute Gasteiger partial charge is 0.216 e. The van der Waals surface area contributed by atoms with E-state index in [1.165, 1.54) is 6.92 Å². The van der Waals surface area contributed by atoms with E-state index in [4.69, 9.17) is 10.5 Å². The van der Waals surface area contributed by atoms with E-state index in [-0.39, 0.29) is 18.1 Å². The van der Waals surface area contributed by atoms with Crippen LogP contribution in [0.3, 0.4) is 0 Å². The van der Waals surface area contributed by atoms with Crippen LogP contribution in [-0.2, 0) is 9.53 Å². The van der Waals surface area contributed by atoms with Crippen LogP contribution in [0.2, 0.25) is 0 Å². The van der Waals surface area contributed by atoms with Crippen LogP contribution in [0, 0.1) is 0 Å². The zero-order valence-electron chi connectivity index (χ0n) is 9.53. The number of morpholine rings is 1. The number of rotatable bonds is 4. The van der Waals surface area contributed by atoms with Gasteiger partial charge in [0.2, 0.25) is 5.91 Å². The largest absolute Gasteiger partial charge is 0.374 e. The van der Waals surface area contributed by atoms with Gasteiger partial charge in [0.1, 0.15) is 0 Å². The molecule has 0 aliphatic carbocycles. The molecule has 0 aromatic rings. The predicted octanol–water partition coefficient (Wildman–Crippen LogP) is -0.829. The van der Waals surface area contributed by atoms with Crippen molar-refractivity contribution in [1.82, 2.24) is 10.2 Å². The highest BCUT2D eigenvalue weighted by molar-refractivity contribution is 5.72. The molecule has 0 spiro atoms. The molecule has 1 fully saturated rings. The Bertz CT molecular complexity index is 209. The van der Waals surface area contributed by atoms with Crippen molar-refractivity contribution in [1.29, 1.82) is 0 Å². The van der Waals surface area contributed by atoms with Crippen LogP contribution in [0.4, 0.5) is 0 Å². The molecule has 0 aromatic heterocycles. The molecular weight excluding hydrogens is 194 g/mol. The molecule has 3 N–H and O–H groups in total. The van der Waals surface area contributed by atoms with Gasteiger partial charge in [0.05, 0.1) is 12.7 Å². The lowest BCUT2D eigenvalue weighted by Crippen LogP contribution is -2.49. The topological polar surface area (TPSA) is 67.6 Å². The van der Waals surface area contributed by atoms with Crippen LogP contribution in [0.1, 0.15) is 13.8 Å². The lowest BCUT2D eigenvalue weighted by molar-refractivity contribution is -0.120. The fourth-order valence-corrected chi connectivity index (χ4v) is 1.73. The van der Waals surface area contributed by atoms with Crippen LogP contribution in [0.15, 0.2) is 0 Å². The van der Waals surface area contributed by atoms with E-state index < -0.39 is 0 Å². The Balaban J connectivity index is 2.25. The minimum absolute atomic E-state index is 0.0112. The second-order valence-corrected chi connectivity index (χ2v) is 4.17. The zero-order valence-corrected chi connectivity index (χ0v) is 9.53. The number of hydrogen-bond donors (Lipinski definition) is 2. The Kier molecular flexibility index (Phi) is 5.01. The molecule has 5 heteroatoms. The third kappa shape index (κ3) is 5.11. The first-order valence-corrected chi connectivity index (χ1v) is 5.42. The fourth-order valence-electron chi connectivity index (χ4n) is 1.73. The molecule has 88 valence electrons. The molecule has 0 bridgehead atoms. The first-order valence-electron chi connectivity index (χ1n) is 5.42. The molecule has 5 nitrogen and oxygen atoms in total. The van der Waals surface area contributed by atoms with Gasteiger partial charge < -0.3 is 15.8 Å². The molecule has 2 atom stereocenters. The number of carbonyl (C=O) groups is 1. The minimum Gasteiger partial charge on any atom is -0.374 e. The molecule has 1 rings (SSSR count). The highest BCUT2D eigenvalue weighted by Crippen LogP contribution is 2.04. The van der Waals surface area contributed by atoms with Gasteiger partial charge in [-0.2, -0.15) is 0 Å². The lowest BCUT2D eigenvalue weighted by Gasteiger charge is -2.33. The average molecular weight is 215 g/mol. The standard InChI is InChI=1S/C10H21N3O2/c1-8(11)6-13-3-4-15-10(7-13)5-12-9(2)14/h8,10H,3-7,11H2,1-2H3,(H,12,14). The summed E-state index contributed by atoms with van der Waals surface area (Å²) in [6.45, 7) is 7.49. The van der Waals surface area contributed by atoms with Crippen molar-refractivity contribution >= 4 is 5.91 Å². The first kappa shape index (κ1) is 12.4. The Morgan fingerprint density at radius 1 is 1.73 bits per heavy atom. The van der Waals surface area contributed by atoms with Crippen LogP contribution in [-0.4, -0.2) is 55.7 Å². The van der Waals surface area contributed by atoms with Crippen LogP contribution in [0.25, 0.3) is 0 Å². The van der Waals surface area contributed by atoms with Gasteiger partial charge >= 0.3 is 0 Å². The van der Waals surface area contributed by atoms with Crippen molar-refractivity contribution in [3.05, 3.63) is 0 Å². The molecule has 2 unspecified atom stereocenters. The molecule has 1 saturated heterocycles. The summed E-state index contributed by atoms with van der Waals surface area (Å²) in [5.74, 6) is -0.0112. The first-order chi connectivity index (χ1) is 7.08. The quantitative estimate of drug-likeness (QED) is 0.642. The normalized spacial score (nSPS) is 24.9. The SMILES string of the molecule is CC(=O)NCC1CN(CC(C)N)CCO1. The van der Waals surface area contributed by atoms with Crippen LogP contribution >= 0.6 is 0 Å². The number of carbonyl (C=O) groups excluding carboxylic acids is 1. The van der Waals surface area contributed by atoms with Gasteiger partial charge in [-0.3, -0.25) is 9.69 Å². The van der Waals surface area contributed by atoms with Gasteiger partial charge in [0.25, 0.3) is 0 Å². The van der Waals surface area contributed by atoms with Crippen molar-refractivity contribution in [3.8, 4) is 0 Å². The molecule has 0 saturated carbocycles. The summed E-state index contributed by atoms with van der Waals surface area (Å²) >= 11 is 0. The van der Waals surface area contributed by atoms with Crippen molar-refractivity contribution in [2.24, 2.45) is 5.73 Å². The lowest BCUT2D eigenvalue weighted by atomic mass is 10.2. The number of nitrogens with one attached hydrogen (secondary N) is 1. The maximum atomic E-state index is 10.7. The van der Waals surface area contributed by atoms with Crippen LogP contribution < -0.4 is 11.1 Å². The number of ether oxygens (including phenoxy) is 1. The third-order valence-electron chi connectivity index (χ3n) is 2.35. The third-order valence-corrected chi connectivity index (χ3v) is 2.35. The highest BCUT2D eigenvalue weighted by Gasteiger charge is 2.20. The summed E-state index contributed by atoms with van der Waals surface area (Å²) in [4.78, 5) is 13.0. The van der Waals surface area contributed by atoms with Gasteiger partial charge in [0, 0.05) is 39.1 Å². The van der Waals surface area contributed by atoms with Gasteiger partial charge in [-0.1, -0.05) is 0 Å². The summed E-state index contributed by atoms with van der Waals surface area (Å²) < 4.78 is 5.54. The van der Waals surface area contributed by atoms with Gasteiger partial charge in [-0.05, 0) is 6.92 Å². The average Bonchev–Trinajstić information content (AvgIpc) is 2.14. The van der Waals surface area contributed by atoms with Crippen molar-refractivity contribution in [3.63, 3.8) is 0 Å². The number of nitrogens with zero attached hydrogens (tertiary/aromatic N) is 1. The van der Waals surface area contributed by atoms with Crippen molar-refractivity contribution < 1.29 is 9.53 Å². The molecule has 15 heavy (non-hydrogen) atoms. The Morgan fingerprint density at radius 3 is 3.07 bits per heavy atom. The summed E-state index contributed by atoms with van der Waals surface area (Å²) in [6.07, 6.45) is 0.0985. The van der Waals surface area contributed by atoms with E-state index in [0.717, 1.165) is 26.2 Å². The zero-order chi connectivity index (χ0) is 11.3. The molecular formula is C10H21N3O2. The van der Waals surface area contributed by atoms with E-state index in [0.29, 0.717) is 6.54 Å². The van der Waals surface area contributed by atoms with E-state index >= 15 is 0 Å². The van der Waals surface area contributed by atoms with Gasteiger partial charge in [-0.25, -0.2) is 0 Å². The van der Waals surface area contributed by atoms with E-state index in [1.807, 2.05) is 6.92 Å². The second kappa shape index (κ2) is 6.05. The molecule has 1 amide bonds. The number of hydrogen-bond acceptors (Lipinski definition) is 4. The molecule has 1 aliphatic rings. The molecule has 1 heterocycles. The second-order valence-electron chi connectivity index (χ2n) is 4.17. The van der Waals surface area contributed by atoms with E-state index in [9.17, 15) is 4.79 Å². The minimum atomic E-state index is -0.0112. The highest BCUT2D eigenvalue weighted by atomic mass is 16.5. The monoisotopic (exact) mass is 215 g/mol. The summed E-state index contributed by atoms with van der Waals surface area (Å²) in [5.41, 5.74) is 5.74. The van der Waals surface area contributed by atoms with E-state index in [1.54, 1.807) is 0 Å². The maximum Gasteiger partial charge on any atom is 0.216 e. The predicted molar refractivity (Wildman–Crippen MR) is 58.5 cm³/mol. The van der Waals surface area contributed by atoms with Gasteiger partial charge in [-0.15, -0.1) is 0 Å². The van der Waals surface area contributed by atoms with Gasteiger partial charge in [0.15, 0.2) is 0 Å². The van der Waals surface area contributed by atoms with Crippen molar-refractivity contribution in [2.75, 3.05) is 32.8 Å². The summed E-state index contributed by atoms with van der Waals surface area (Å²) in [6, 6.07) is 0.185. The number of nitrogens with two attached hydrogens (primary N) is 1. The molecule has 0 aromatic carbocycles. The Morgan fingerprint density at radius 2 is 2.47 bits per heavy atom. The van der Waals surface area contributed by atoms with Crippen molar-refractivity contribution in [2.45, 2.75) is 26.0 Å². The summed E-state index contributed by atoms with van der Waals surface area (Å²) in [5, 5.41) is 2.77. The molecule has 0 radical (unpaired) electrons. The fraction of sp³-hybridized carbons (Fsp3) is 0.900. The Hall–Kier alpha value is -0.650. The molecule has 1 aliphatic heterocycles. The van der Waals surface area contributed by atoms with E-state index in [2.05, 4.69) is 10.2 Å². The summed E-state index contributed by atoms with van der Waals surface area (Å²) in [7, 11) is 0. The Labute approximate surface area is 90.9 Å². The van der Waals surface area contributed by atoms with Crippen LogP contribution in [0.5, 0.6) is 0 Å². The maximum absolute atomic E-state index is 10.7.